The Kier molecular flexibility index (Phi) is 3.31. The Bertz CT molecular complexity index is 315. The fourth-order valence-electron chi connectivity index (χ4n) is 1.53. The van der Waals surface area contributed by atoms with E-state index >= 15 is 0 Å². The van der Waals surface area contributed by atoms with Crippen molar-refractivity contribution in [3.8, 4) is 0 Å². The third-order valence-electron chi connectivity index (χ3n) is 2.55. The van der Waals surface area contributed by atoms with Gasteiger partial charge in [0.25, 0.3) is 0 Å². The second-order valence-electron chi connectivity index (χ2n) is 3.56. The van der Waals surface area contributed by atoms with Gasteiger partial charge in [0.15, 0.2) is 23.8 Å². The first-order valence-electron chi connectivity index (χ1n) is 4.38. The average Bonchev–Trinajstić information content (AvgIpc) is 2.19. The van der Waals surface area contributed by atoms with E-state index in [0.717, 1.165) is 6.92 Å². The number of Topliss-reactive ketones (excluding diaryl/α,β-unsaturated/α-hetero) is 1. The minimum Gasteiger partial charge on any atom is -0.479 e. The van der Waals surface area contributed by atoms with E-state index in [-0.39, 0.29) is 0 Å². The quantitative estimate of drug-likeness (QED) is 0.337. The van der Waals surface area contributed by atoms with Crippen LogP contribution in [0.25, 0.3) is 0 Å². The summed E-state index contributed by atoms with van der Waals surface area (Å²) >= 11 is 0. The van der Waals surface area contributed by atoms with Crippen molar-refractivity contribution < 1.29 is 39.9 Å². The maximum Gasteiger partial charge on any atom is 0.335 e. The number of hydrogen-bond donors (Lipinski definition) is 5. The molecule has 1 saturated heterocycles. The first-order valence-corrected chi connectivity index (χ1v) is 4.38. The minimum absolute atomic E-state index is 0.851. The number of ether oxygens (including phenoxy) is 1. The molecule has 92 valence electrons. The summed E-state index contributed by atoms with van der Waals surface area (Å²) in [7, 11) is 0. The number of carboxylic acids is 1. The highest BCUT2D eigenvalue weighted by atomic mass is 16.6. The number of hydrogen-bond acceptors (Lipinski definition) is 7. The van der Waals surface area contributed by atoms with E-state index in [1.165, 1.54) is 0 Å². The zero-order valence-corrected chi connectivity index (χ0v) is 8.27. The summed E-state index contributed by atoms with van der Waals surface area (Å²) in [5.41, 5.74) is -2.76. The average molecular weight is 236 g/mol. The maximum atomic E-state index is 11.1. The van der Waals surface area contributed by atoms with Crippen LogP contribution in [0, 0.1) is 0 Å². The number of aliphatic hydroxyl groups is 4. The van der Waals surface area contributed by atoms with Crippen LogP contribution in [-0.4, -0.2) is 67.5 Å². The molecule has 0 saturated carbocycles. The predicted octanol–water partition coefficient (Wildman–Crippen LogP) is -3.17. The summed E-state index contributed by atoms with van der Waals surface area (Å²) in [4.78, 5) is 21.8. The van der Waals surface area contributed by atoms with Crippen molar-refractivity contribution in [2.75, 3.05) is 0 Å². The van der Waals surface area contributed by atoms with E-state index in [0.29, 0.717) is 0 Å². The van der Waals surface area contributed by atoms with Crippen molar-refractivity contribution in [3.63, 3.8) is 0 Å². The summed E-state index contributed by atoms with van der Waals surface area (Å²) < 4.78 is 4.36. The topological polar surface area (TPSA) is 145 Å². The molecule has 0 unspecified atom stereocenters. The van der Waals surface area contributed by atoms with Crippen LogP contribution < -0.4 is 0 Å². The van der Waals surface area contributed by atoms with Gasteiger partial charge in [-0.15, -0.1) is 0 Å². The van der Waals surface area contributed by atoms with E-state index in [1.54, 1.807) is 0 Å². The normalized spacial score (nSPS) is 44.1. The van der Waals surface area contributed by atoms with Gasteiger partial charge in [-0.3, -0.25) is 4.79 Å². The zero-order valence-electron chi connectivity index (χ0n) is 8.27. The first-order chi connectivity index (χ1) is 7.22. The Balaban J connectivity index is 3.14. The lowest BCUT2D eigenvalue weighted by atomic mass is 9.81. The fourth-order valence-corrected chi connectivity index (χ4v) is 1.53. The van der Waals surface area contributed by atoms with Crippen molar-refractivity contribution in [1.82, 2.24) is 0 Å². The third-order valence-corrected chi connectivity index (χ3v) is 2.55. The van der Waals surface area contributed by atoms with Crippen LogP contribution >= 0.6 is 0 Å². The summed E-state index contributed by atoms with van der Waals surface area (Å²) in [5, 5.41) is 46.3. The Morgan fingerprint density at radius 3 is 2.06 bits per heavy atom. The van der Waals surface area contributed by atoms with Gasteiger partial charge in [-0.05, 0) is 6.92 Å². The highest BCUT2D eigenvalue weighted by Gasteiger charge is 2.59. The largest absolute Gasteiger partial charge is 0.479 e. The molecule has 16 heavy (non-hydrogen) atoms. The minimum atomic E-state index is -2.76. The van der Waals surface area contributed by atoms with Gasteiger partial charge in [0.1, 0.15) is 12.2 Å². The van der Waals surface area contributed by atoms with Crippen LogP contribution in [0.1, 0.15) is 6.92 Å². The molecule has 8 nitrogen and oxygen atoms in total. The smallest absolute Gasteiger partial charge is 0.335 e. The lowest BCUT2D eigenvalue weighted by Crippen LogP contribution is -2.70. The lowest BCUT2D eigenvalue weighted by Gasteiger charge is -2.43. The monoisotopic (exact) mass is 236 g/mol. The van der Waals surface area contributed by atoms with E-state index in [1.807, 2.05) is 0 Å². The molecule has 1 aliphatic rings. The number of carbonyl (C=O) groups is 2. The summed E-state index contributed by atoms with van der Waals surface area (Å²) in [6, 6.07) is 0. The van der Waals surface area contributed by atoms with Crippen LogP contribution in [0.4, 0.5) is 0 Å². The molecule has 1 rings (SSSR count). The van der Waals surface area contributed by atoms with E-state index in [4.69, 9.17) is 10.2 Å². The summed E-state index contributed by atoms with van der Waals surface area (Å²) in [6.45, 7) is 0.851. The number of aliphatic carboxylic acids is 1. The molecule has 0 radical (unpaired) electrons. The lowest BCUT2D eigenvalue weighted by molar-refractivity contribution is -0.303. The van der Waals surface area contributed by atoms with Gasteiger partial charge in [0.2, 0.25) is 0 Å². The number of ketones is 1. The van der Waals surface area contributed by atoms with Crippen molar-refractivity contribution >= 4 is 11.8 Å². The molecule has 5 N–H and O–H groups in total. The first kappa shape index (κ1) is 13.0. The van der Waals surface area contributed by atoms with E-state index in [2.05, 4.69) is 4.74 Å². The van der Waals surface area contributed by atoms with Crippen LogP contribution in [0.2, 0.25) is 0 Å². The second-order valence-corrected chi connectivity index (χ2v) is 3.56. The van der Waals surface area contributed by atoms with Crippen LogP contribution in [-0.2, 0) is 14.3 Å². The molecular formula is C8H12O8. The Morgan fingerprint density at radius 2 is 1.69 bits per heavy atom. The van der Waals surface area contributed by atoms with Crippen LogP contribution in [0.3, 0.4) is 0 Å². The maximum absolute atomic E-state index is 11.1. The molecule has 1 heterocycles. The number of aliphatic hydroxyl groups excluding tert-OH is 3. The molecule has 8 heteroatoms. The van der Waals surface area contributed by atoms with Crippen molar-refractivity contribution in [2.45, 2.75) is 37.1 Å². The van der Waals surface area contributed by atoms with Crippen molar-refractivity contribution in [3.05, 3.63) is 0 Å². The SMILES string of the molecule is CC(=O)[C@@]1(O)[C@H](O)[C@H](O)O[C@@H](C(=O)O)[C@H]1O. The molecule has 0 amide bonds. The molecule has 5 atom stereocenters. The Labute approximate surface area is 89.7 Å². The van der Waals surface area contributed by atoms with Crippen LogP contribution in [0.15, 0.2) is 0 Å². The van der Waals surface area contributed by atoms with Gasteiger partial charge < -0.3 is 30.3 Å². The molecule has 0 aromatic rings. The molecule has 1 fully saturated rings. The number of rotatable bonds is 2. The molecule has 0 aliphatic carbocycles. The molecular weight excluding hydrogens is 224 g/mol. The highest BCUT2D eigenvalue weighted by molar-refractivity contribution is 5.88. The highest BCUT2D eigenvalue weighted by Crippen LogP contribution is 2.30. The van der Waals surface area contributed by atoms with Crippen molar-refractivity contribution in [2.24, 2.45) is 0 Å². The van der Waals surface area contributed by atoms with Gasteiger partial charge in [-0.2, -0.15) is 0 Å². The Morgan fingerprint density at radius 1 is 1.19 bits per heavy atom. The number of carboxylic acid groups (broad SMARTS) is 1. The van der Waals surface area contributed by atoms with Gasteiger partial charge in [-0.1, -0.05) is 0 Å². The molecule has 0 spiro atoms. The zero-order chi connectivity index (χ0) is 12.7. The molecule has 1 aliphatic heterocycles. The standard InChI is InChI=1S/C8H12O8/c1-2(9)8(15)4(10)3(6(12)13)16-7(14)5(8)11/h3-5,7,10-11,14-15H,1H3,(H,12,13)/t3-,4-,5-,7-,8+/m1/s1. The van der Waals surface area contributed by atoms with Crippen LogP contribution in [0.5, 0.6) is 0 Å². The predicted molar refractivity (Wildman–Crippen MR) is 46.2 cm³/mol. The van der Waals surface area contributed by atoms with E-state index in [9.17, 15) is 24.9 Å². The van der Waals surface area contributed by atoms with Crippen molar-refractivity contribution in [1.29, 1.82) is 0 Å². The molecule has 0 aromatic carbocycles. The molecule has 0 aromatic heterocycles. The number of carbonyl (C=O) groups excluding carboxylic acids is 1. The summed E-state index contributed by atoms with van der Waals surface area (Å²) in [6.07, 6.45) is -8.35. The Hall–Kier alpha value is -1.06. The van der Waals surface area contributed by atoms with Gasteiger partial charge in [0.05, 0.1) is 0 Å². The third kappa shape index (κ3) is 1.70. The summed E-state index contributed by atoms with van der Waals surface area (Å²) in [5.74, 6) is -2.74. The van der Waals surface area contributed by atoms with Gasteiger partial charge >= 0.3 is 5.97 Å². The molecule has 0 bridgehead atoms. The fraction of sp³-hybridized carbons (Fsp3) is 0.750. The van der Waals surface area contributed by atoms with Gasteiger partial charge in [-0.25, -0.2) is 4.79 Å². The second kappa shape index (κ2) is 4.07. The van der Waals surface area contributed by atoms with Gasteiger partial charge in [0, 0.05) is 0 Å². The van der Waals surface area contributed by atoms with E-state index < -0.39 is 42.0 Å².